The van der Waals surface area contributed by atoms with Gasteiger partial charge >= 0.3 is 0 Å². The summed E-state index contributed by atoms with van der Waals surface area (Å²) in [7, 11) is 0. The van der Waals surface area contributed by atoms with Crippen molar-refractivity contribution >= 4 is 39.2 Å². The van der Waals surface area contributed by atoms with Crippen molar-refractivity contribution < 1.29 is 4.39 Å². The first-order valence-electron chi connectivity index (χ1n) is 6.05. The summed E-state index contributed by atoms with van der Waals surface area (Å²) in [5.74, 6) is 0.720. The fourth-order valence-corrected chi connectivity index (χ4v) is 2.40. The molecule has 3 rings (SSSR count). The average molecular weight is 379 g/mol. The van der Waals surface area contributed by atoms with Gasteiger partial charge in [0.05, 0.1) is 9.26 Å². The lowest BCUT2D eigenvalue weighted by Crippen LogP contribution is -2.02. The van der Waals surface area contributed by atoms with E-state index in [1.165, 1.54) is 6.07 Å². The maximum Gasteiger partial charge on any atom is 0.162 e. The summed E-state index contributed by atoms with van der Waals surface area (Å²) in [4.78, 5) is 8.78. The molecule has 0 saturated heterocycles. The summed E-state index contributed by atoms with van der Waals surface area (Å²) >= 11 is 2.12. The summed E-state index contributed by atoms with van der Waals surface area (Å²) < 4.78 is 14.7. The van der Waals surface area contributed by atoms with Crippen molar-refractivity contribution in [1.29, 1.82) is 0 Å². The van der Waals surface area contributed by atoms with Crippen LogP contribution in [0, 0.1) is 16.3 Å². The Morgan fingerprint density at radius 1 is 1.05 bits per heavy atom. The Labute approximate surface area is 129 Å². The molecule has 0 fully saturated rings. The number of halogens is 2. The minimum absolute atomic E-state index is 0.250. The van der Waals surface area contributed by atoms with Gasteiger partial charge in [0.25, 0.3) is 0 Å². The Morgan fingerprint density at radius 2 is 1.75 bits per heavy atom. The molecule has 1 heterocycles. The number of fused-ring (bicyclic) bond motifs is 1. The van der Waals surface area contributed by atoms with Gasteiger partial charge in [0.15, 0.2) is 5.82 Å². The normalized spacial score (nSPS) is 10.9. The van der Waals surface area contributed by atoms with Crippen molar-refractivity contribution in [3.8, 4) is 11.4 Å². The summed E-state index contributed by atoms with van der Waals surface area (Å²) in [5, 5.41) is 1.34. The van der Waals surface area contributed by atoms with Crippen molar-refractivity contribution in [2.45, 2.75) is 6.92 Å². The van der Waals surface area contributed by atoms with Gasteiger partial charge in [-0.3, -0.25) is 0 Å². The minimum atomic E-state index is -0.250. The van der Waals surface area contributed by atoms with E-state index in [9.17, 15) is 4.39 Å². The molecule has 3 nitrogen and oxygen atoms in total. The van der Waals surface area contributed by atoms with Crippen LogP contribution in [0.4, 0.5) is 10.2 Å². The number of rotatable bonds is 1. The van der Waals surface area contributed by atoms with E-state index < -0.39 is 0 Å². The number of benzene rings is 2. The Hall–Kier alpha value is -1.76. The van der Waals surface area contributed by atoms with Crippen LogP contribution in [0.2, 0.25) is 0 Å². The highest BCUT2D eigenvalue weighted by molar-refractivity contribution is 14.1. The molecule has 5 heteroatoms. The molecular formula is C15H11FIN3. The van der Waals surface area contributed by atoms with E-state index >= 15 is 0 Å². The lowest BCUT2D eigenvalue weighted by atomic mass is 10.0. The quantitative estimate of drug-likeness (QED) is 0.652. The van der Waals surface area contributed by atoms with Gasteiger partial charge in [0.1, 0.15) is 11.6 Å². The zero-order valence-corrected chi connectivity index (χ0v) is 12.8. The van der Waals surface area contributed by atoms with Gasteiger partial charge in [-0.1, -0.05) is 24.3 Å². The molecule has 0 amide bonds. The van der Waals surface area contributed by atoms with E-state index in [0.717, 1.165) is 20.2 Å². The van der Waals surface area contributed by atoms with Gasteiger partial charge in [0, 0.05) is 10.9 Å². The number of hydrogen-bond donors (Lipinski definition) is 1. The molecule has 0 aliphatic heterocycles. The Bertz CT molecular complexity index is 794. The number of nitrogens with two attached hydrogens (primary N) is 1. The smallest absolute Gasteiger partial charge is 0.162 e. The molecule has 3 aromatic rings. The molecule has 0 aliphatic carbocycles. The molecule has 1 aromatic heterocycles. The molecule has 0 atom stereocenters. The maximum atomic E-state index is 13.8. The average Bonchev–Trinajstić information content (AvgIpc) is 2.45. The Morgan fingerprint density at radius 3 is 2.45 bits per heavy atom. The summed E-state index contributed by atoms with van der Waals surface area (Å²) in [6.07, 6.45) is 0. The van der Waals surface area contributed by atoms with Crippen molar-refractivity contribution in [3.63, 3.8) is 0 Å². The molecule has 0 unspecified atom stereocenters. The molecule has 0 saturated carbocycles. The van der Waals surface area contributed by atoms with Crippen LogP contribution in [0.25, 0.3) is 22.2 Å². The molecular weight excluding hydrogens is 368 g/mol. The first-order chi connectivity index (χ1) is 9.58. The van der Waals surface area contributed by atoms with Gasteiger partial charge < -0.3 is 5.73 Å². The summed E-state index contributed by atoms with van der Waals surface area (Å²) in [5.41, 5.74) is 7.51. The van der Waals surface area contributed by atoms with E-state index in [4.69, 9.17) is 5.73 Å². The number of nitrogen functional groups attached to an aromatic ring is 1. The van der Waals surface area contributed by atoms with Gasteiger partial charge in [-0.25, -0.2) is 14.4 Å². The van der Waals surface area contributed by atoms with Gasteiger partial charge in [-0.2, -0.15) is 0 Å². The van der Waals surface area contributed by atoms with Crippen molar-refractivity contribution in [1.82, 2.24) is 9.97 Å². The lowest BCUT2D eigenvalue weighted by molar-refractivity contribution is 0.640. The topological polar surface area (TPSA) is 51.8 Å². The number of hydrogen-bond acceptors (Lipinski definition) is 3. The monoisotopic (exact) mass is 379 g/mol. The molecule has 100 valence electrons. The second-order valence-electron chi connectivity index (χ2n) is 4.47. The highest BCUT2D eigenvalue weighted by Crippen LogP contribution is 2.29. The summed E-state index contributed by atoms with van der Waals surface area (Å²) in [6.45, 7) is 1.88. The van der Waals surface area contributed by atoms with Crippen LogP contribution >= 0.6 is 22.6 Å². The number of aryl methyl sites for hydroxylation is 1. The van der Waals surface area contributed by atoms with Gasteiger partial charge in [0.2, 0.25) is 0 Å². The number of anilines is 1. The van der Waals surface area contributed by atoms with Crippen LogP contribution in [0.5, 0.6) is 0 Å². The number of nitrogens with zero attached hydrogens (tertiary/aromatic N) is 2. The molecule has 0 radical (unpaired) electrons. The third-order valence-corrected chi connectivity index (χ3v) is 4.49. The SMILES string of the molecule is Cc1nc(-c2ccc(F)c3ccccc23)nc(N)c1I. The largest absolute Gasteiger partial charge is 0.383 e. The first-order valence-corrected chi connectivity index (χ1v) is 7.13. The highest BCUT2D eigenvalue weighted by atomic mass is 127. The zero-order chi connectivity index (χ0) is 14.3. The van der Waals surface area contributed by atoms with E-state index in [0.29, 0.717) is 17.0 Å². The van der Waals surface area contributed by atoms with E-state index in [-0.39, 0.29) is 5.82 Å². The fourth-order valence-electron chi connectivity index (χ4n) is 2.16. The van der Waals surface area contributed by atoms with Gasteiger partial charge in [-0.05, 0) is 47.0 Å². The first kappa shape index (κ1) is 13.2. The van der Waals surface area contributed by atoms with Gasteiger partial charge in [-0.15, -0.1) is 0 Å². The fraction of sp³-hybridized carbons (Fsp3) is 0.0667. The predicted molar refractivity (Wildman–Crippen MR) is 86.8 cm³/mol. The molecule has 20 heavy (non-hydrogen) atoms. The van der Waals surface area contributed by atoms with Crippen LogP contribution < -0.4 is 5.73 Å². The summed E-state index contributed by atoms with van der Waals surface area (Å²) in [6, 6.07) is 10.4. The van der Waals surface area contributed by atoms with Crippen molar-refractivity contribution in [3.05, 3.63) is 51.5 Å². The molecule has 0 spiro atoms. The van der Waals surface area contributed by atoms with E-state index in [2.05, 4.69) is 32.6 Å². The van der Waals surface area contributed by atoms with Crippen LogP contribution in [0.3, 0.4) is 0 Å². The highest BCUT2D eigenvalue weighted by Gasteiger charge is 2.12. The predicted octanol–water partition coefficient (Wildman–Crippen LogP) is 3.93. The number of aromatic nitrogens is 2. The maximum absolute atomic E-state index is 13.8. The lowest BCUT2D eigenvalue weighted by Gasteiger charge is -2.09. The van der Waals surface area contributed by atoms with E-state index in [1.807, 2.05) is 25.1 Å². The van der Waals surface area contributed by atoms with Crippen LogP contribution in [-0.4, -0.2) is 9.97 Å². The van der Waals surface area contributed by atoms with Crippen LogP contribution in [0.1, 0.15) is 5.69 Å². The van der Waals surface area contributed by atoms with E-state index in [1.54, 1.807) is 12.1 Å². The van der Waals surface area contributed by atoms with Crippen LogP contribution in [0.15, 0.2) is 36.4 Å². The molecule has 0 aliphatic rings. The Kier molecular flexibility index (Phi) is 3.29. The van der Waals surface area contributed by atoms with Crippen LogP contribution in [-0.2, 0) is 0 Å². The second kappa shape index (κ2) is 4.97. The molecule has 2 N–H and O–H groups in total. The second-order valence-corrected chi connectivity index (χ2v) is 5.55. The van der Waals surface area contributed by atoms with Crippen molar-refractivity contribution in [2.75, 3.05) is 5.73 Å². The minimum Gasteiger partial charge on any atom is -0.383 e. The third kappa shape index (κ3) is 2.11. The molecule has 2 aromatic carbocycles. The third-order valence-electron chi connectivity index (χ3n) is 3.15. The Balaban J connectivity index is 2.33. The zero-order valence-electron chi connectivity index (χ0n) is 10.7. The molecule has 0 bridgehead atoms. The van der Waals surface area contributed by atoms with Crippen molar-refractivity contribution in [2.24, 2.45) is 0 Å². The standard InChI is InChI=1S/C15H11FIN3/c1-8-13(17)14(18)20-15(19-8)11-6-7-12(16)10-5-3-2-4-9(10)11/h2-7H,1H3,(H2,18,19,20).